The normalized spacial score (nSPS) is 23.3. The lowest BCUT2D eigenvalue weighted by Crippen LogP contribution is -2.40. The molecule has 1 unspecified atom stereocenters. The van der Waals surface area contributed by atoms with Crippen LogP contribution in [0.4, 0.5) is 0 Å². The molecular weight excluding hydrogens is 142 g/mol. The fourth-order valence-corrected chi connectivity index (χ4v) is 1.06. The summed E-state index contributed by atoms with van der Waals surface area (Å²) in [6.45, 7) is 4.86. The molecule has 0 spiro atoms. The van der Waals surface area contributed by atoms with E-state index in [4.69, 9.17) is 5.11 Å². The van der Waals surface area contributed by atoms with Crippen LogP contribution in [0.1, 0.15) is 33.1 Å². The SMILES string of the molecule is CC.O=C(O)C1CCCCN1. The van der Waals surface area contributed by atoms with Crippen LogP contribution in [0.5, 0.6) is 0 Å². The number of carboxylic acids is 1. The Bertz CT molecular complexity index is 109. The third-order valence-electron chi connectivity index (χ3n) is 1.61. The molecule has 0 saturated carbocycles. The molecule has 1 rings (SSSR count). The largest absolute Gasteiger partial charge is 0.480 e. The minimum Gasteiger partial charge on any atom is -0.480 e. The smallest absolute Gasteiger partial charge is 0.320 e. The van der Waals surface area contributed by atoms with E-state index in [0.29, 0.717) is 0 Å². The predicted molar refractivity (Wildman–Crippen MR) is 44.6 cm³/mol. The van der Waals surface area contributed by atoms with E-state index in [1.165, 1.54) is 0 Å². The van der Waals surface area contributed by atoms with Gasteiger partial charge in [0.2, 0.25) is 0 Å². The molecule has 3 heteroatoms. The van der Waals surface area contributed by atoms with Crippen LogP contribution in [0.15, 0.2) is 0 Å². The molecule has 0 aromatic rings. The van der Waals surface area contributed by atoms with Crippen LogP contribution in [0.2, 0.25) is 0 Å². The first-order chi connectivity index (χ1) is 5.30. The van der Waals surface area contributed by atoms with Crippen molar-refractivity contribution in [1.82, 2.24) is 5.32 Å². The number of carboxylic acid groups (broad SMARTS) is 1. The van der Waals surface area contributed by atoms with Gasteiger partial charge in [-0.1, -0.05) is 20.3 Å². The summed E-state index contributed by atoms with van der Waals surface area (Å²) in [5.74, 6) is -0.713. The molecule has 2 N–H and O–H groups in total. The van der Waals surface area contributed by atoms with E-state index >= 15 is 0 Å². The van der Waals surface area contributed by atoms with Crippen LogP contribution in [0, 0.1) is 0 Å². The van der Waals surface area contributed by atoms with Gasteiger partial charge in [0.15, 0.2) is 0 Å². The van der Waals surface area contributed by atoms with Crippen molar-refractivity contribution in [1.29, 1.82) is 0 Å². The molecule has 3 nitrogen and oxygen atoms in total. The number of nitrogens with one attached hydrogen (secondary N) is 1. The highest BCUT2D eigenvalue weighted by molar-refractivity contribution is 5.73. The Morgan fingerprint density at radius 1 is 1.45 bits per heavy atom. The van der Waals surface area contributed by atoms with E-state index in [0.717, 1.165) is 25.8 Å². The summed E-state index contributed by atoms with van der Waals surface area (Å²) in [7, 11) is 0. The maximum atomic E-state index is 10.3. The quantitative estimate of drug-likeness (QED) is 0.605. The summed E-state index contributed by atoms with van der Waals surface area (Å²) >= 11 is 0. The minimum absolute atomic E-state index is 0.279. The van der Waals surface area contributed by atoms with Crippen molar-refractivity contribution in [3.05, 3.63) is 0 Å². The van der Waals surface area contributed by atoms with Gasteiger partial charge in [-0.25, -0.2) is 0 Å². The lowest BCUT2D eigenvalue weighted by atomic mass is 10.1. The number of rotatable bonds is 1. The van der Waals surface area contributed by atoms with Gasteiger partial charge in [-0.2, -0.15) is 0 Å². The zero-order valence-electron chi connectivity index (χ0n) is 7.26. The number of piperidine rings is 1. The van der Waals surface area contributed by atoms with Gasteiger partial charge in [0, 0.05) is 0 Å². The molecule has 1 heterocycles. The summed E-state index contributed by atoms with van der Waals surface area (Å²) in [4.78, 5) is 10.3. The summed E-state index contributed by atoms with van der Waals surface area (Å²) in [5.41, 5.74) is 0. The van der Waals surface area contributed by atoms with E-state index in [1.807, 2.05) is 13.8 Å². The van der Waals surface area contributed by atoms with Gasteiger partial charge in [0.05, 0.1) is 0 Å². The number of hydrogen-bond acceptors (Lipinski definition) is 2. The highest BCUT2D eigenvalue weighted by Crippen LogP contribution is 2.05. The van der Waals surface area contributed by atoms with Gasteiger partial charge < -0.3 is 10.4 Å². The fourth-order valence-electron chi connectivity index (χ4n) is 1.06. The van der Waals surface area contributed by atoms with Gasteiger partial charge in [-0.15, -0.1) is 0 Å². The molecule has 11 heavy (non-hydrogen) atoms. The van der Waals surface area contributed by atoms with E-state index in [2.05, 4.69) is 5.32 Å². The Morgan fingerprint density at radius 2 is 2.09 bits per heavy atom. The number of aliphatic carboxylic acids is 1. The minimum atomic E-state index is -0.713. The lowest BCUT2D eigenvalue weighted by molar-refractivity contribution is -0.140. The molecule has 1 fully saturated rings. The predicted octanol–water partition coefficient (Wildman–Crippen LogP) is 1.24. The first-order valence-corrected chi connectivity index (χ1v) is 4.27. The topological polar surface area (TPSA) is 49.3 Å². The van der Waals surface area contributed by atoms with Crippen molar-refractivity contribution >= 4 is 5.97 Å². The standard InChI is InChI=1S/C6H11NO2.C2H6/c8-6(9)5-3-1-2-4-7-5;1-2/h5,7H,1-4H2,(H,8,9);1-2H3. The molecule has 0 amide bonds. The Labute approximate surface area is 67.8 Å². The maximum absolute atomic E-state index is 10.3. The molecule has 0 radical (unpaired) electrons. The zero-order valence-corrected chi connectivity index (χ0v) is 7.26. The van der Waals surface area contributed by atoms with Gasteiger partial charge in [0.25, 0.3) is 0 Å². The van der Waals surface area contributed by atoms with E-state index in [-0.39, 0.29) is 6.04 Å². The first kappa shape index (κ1) is 10.4. The fraction of sp³-hybridized carbons (Fsp3) is 0.875. The van der Waals surface area contributed by atoms with Crippen LogP contribution < -0.4 is 5.32 Å². The summed E-state index contributed by atoms with van der Waals surface area (Å²) in [6, 6.07) is -0.279. The molecule has 0 aromatic heterocycles. The van der Waals surface area contributed by atoms with E-state index in [9.17, 15) is 4.79 Å². The van der Waals surface area contributed by atoms with Crippen LogP contribution in [-0.4, -0.2) is 23.7 Å². The van der Waals surface area contributed by atoms with E-state index < -0.39 is 5.97 Å². The average molecular weight is 159 g/mol. The lowest BCUT2D eigenvalue weighted by Gasteiger charge is -2.18. The Morgan fingerprint density at radius 3 is 2.36 bits per heavy atom. The third kappa shape index (κ3) is 3.98. The molecule has 66 valence electrons. The van der Waals surface area contributed by atoms with Crippen LogP contribution in [0.25, 0.3) is 0 Å². The summed E-state index contributed by atoms with van der Waals surface area (Å²) in [6.07, 6.45) is 2.95. The van der Waals surface area contributed by atoms with Crippen molar-refractivity contribution < 1.29 is 9.90 Å². The van der Waals surface area contributed by atoms with Crippen molar-refractivity contribution in [3.63, 3.8) is 0 Å². The average Bonchev–Trinajstić information content (AvgIpc) is 2.10. The monoisotopic (exact) mass is 159 g/mol. The molecule has 1 aliphatic heterocycles. The summed E-state index contributed by atoms with van der Waals surface area (Å²) in [5, 5.41) is 11.4. The highest BCUT2D eigenvalue weighted by atomic mass is 16.4. The molecular formula is C8H17NO2. The van der Waals surface area contributed by atoms with E-state index in [1.54, 1.807) is 0 Å². The van der Waals surface area contributed by atoms with Crippen molar-refractivity contribution in [2.75, 3.05) is 6.54 Å². The zero-order chi connectivity index (χ0) is 8.69. The molecule has 1 atom stereocenters. The van der Waals surface area contributed by atoms with Crippen LogP contribution >= 0.6 is 0 Å². The molecule has 0 aromatic carbocycles. The first-order valence-electron chi connectivity index (χ1n) is 4.27. The summed E-state index contributed by atoms with van der Waals surface area (Å²) < 4.78 is 0. The van der Waals surface area contributed by atoms with Gasteiger partial charge in [-0.3, -0.25) is 4.79 Å². The van der Waals surface area contributed by atoms with Crippen molar-refractivity contribution in [3.8, 4) is 0 Å². The molecule has 1 saturated heterocycles. The van der Waals surface area contributed by atoms with Gasteiger partial charge in [-0.05, 0) is 19.4 Å². The highest BCUT2D eigenvalue weighted by Gasteiger charge is 2.18. The van der Waals surface area contributed by atoms with Crippen molar-refractivity contribution in [2.45, 2.75) is 39.2 Å². The van der Waals surface area contributed by atoms with Crippen LogP contribution in [0.3, 0.4) is 0 Å². The third-order valence-corrected chi connectivity index (χ3v) is 1.61. The number of hydrogen-bond donors (Lipinski definition) is 2. The van der Waals surface area contributed by atoms with Gasteiger partial charge in [0.1, 0.15) is 6.04 Å². The Kier molecular flexibility index (Phi) is 5.84. The van der Waals surface area contributed by atoms with Crippen molar-refractivity contribution in [2.24, 2.45) is 0 Å². The Hall–Kier alpha value is -0.570. The molecule has 0 aliphatic carbocycles. The second kappa shape index (κ2) is 6.16. The Balaban J connectivity index is 0.000000461. The second-order valence-electron chi connectivity index (χ2n) is 2.34. The second-order valence-corrected chi connectivity index (χ2v) is 2.34. The maximum Gasteiger partial charge on any atom is 0.320 e. The number of carbonyl (C=O) groups is 1. The molecule has 1 aliphatic rings. The molecule has 0 bridgehead atoms. The van der Waals surface area contributed by atoms with Gasteiger partial charge >= 0.3 is 5.97 Å². The van der Waals surface area contributed by atoms with Crippen LogP contribution in [-0.2, 0) is 4.79 Å².